The lowest BCUT2D eigenvalue weighted by Gasteiger charge is -2.25. The number of quaternary nitrogens is 1. The number of phosphoric acid groups is 1. The lowest BCUT2D eigenvalue weighted by Crippen LogP contribution is -2.45. The lowest BCUT2D eigenvalue weighted by atomic mass is 10.0. The molecule has 0 spiro atoms. The normalized spacial score (nSPS) is 14.3. The maximum atomic E-state index is 12.9. The Morgan fingerprint density at radius 1 is 0.541 bits per heavy atom. The summed E-state index contributed by atoms with van der Waals surface area (Å²) in [6.07, 6.45) is 54.0. The van der Waals surface area contributed by atoms with E-state index >= 15 is 0 Å². The molecule has 0 radical (unpaired) electrons. The topological polar surface area (TPSA) is 105 Å². The first-order valence-corrected chi connectivity index (χ1v) is 27.7. The van der Waals surface area contributed by atoms with Crippen LogP contribution in [0.4, 0.5) is 0 Å². The average Bonchev–Trinajstić information content (AvgIpc) is 3.21. The van der Waals surface area contributed by atoms with Crippen molar-refractivity contribution in [3.8, 4) is 0 Å². The summed E-state index contributed by atoms with van der Waals surface area (Å²) >= 11 is 0. The largest absolute Gasteiger partial charge is 0.472 e. The zero-order chi connectivity index (χ0) is 45.0. The van der Waals surface area contributed by atoms with Gasteiger partial charge in [0.2, 0.25) is 5.91 Å². The van der Waals surface area contributed by atoms with Crippen LogP contribution in [-0.2, 0) is 18.4 Å². The van der Waals surface area contributed by atoms with Crippen molar-refractivity contribution >= 4 is 13.7 Å². The van der Waals surface area contributed by atoms with E-state index in [1.807, 2.05) is 27.2 Å². The van der Waals surface area contributed by atoms with Crippen molar-refractivity contribution in [3.63, 3.8) is 0 Å². The van der Waals surface area contributed by atoms with Crippen molar-refractivity contribution < 1.29 is 32.9 Å². The summed E-state index contributed by atoms with van der Waals surface area (Å²) in [5, 5.41) is 13.9. The molecular formula is C52H104N2O6P+. The van der Waals surface area contributed by atoms with Crippen molar-refractivity contribution in [3.05, 3.63) is 24.3 Å². The van der Waals surface area contributed by atoms with E-state index < -0.39 is 20.0 Å². The predicted molar refractivity (Wildman–Crippen MR) is 263 cm³/mol. The minimum Gasteiger partial charge on any atom is -0.387 e. The number of likely N-dealkylation sites (N-methyl/N-ethyl adjacent to an activating group) is 1. The second kappa shape index (κ2) is 44.2. The number of aliphatic hydroxyl groups is 1. The quantitative estimate of drug-likeness (QED) is 0.0243. The molecular weight excluding hydrogens is 780 g/mol. The number of rotatable bonds is 48. The fourth-order valence-corrected chi connectivity index (χ4v) is 8.48. The van der Waals surface area contributed by atoms with Crippen LogP contribution in [0, 0.1) is 0 Å². The van der Waals surface area contributed by atoms with Crippen molar-refractivity contribution in [2.45, 2.75) is 264 Å². The van der Waals surface area contributed by atoms with E-state index in [1.54, 1.807) is 6.08 Å². The highest BCUT2D eigenvalue weighted by Gasteiger charge is 2.27. The zero-order valence-electron chi connectivity index (χ0n) is 41.2. The van der Waals surface area contributed by atoms with E-state index in [0.717, 1.165) is 38.5 Å². The molecule has 3 unspecified atom stereocenters. The lowest BCUT2D eigenvalue weighted by molar-refractivity contribution is -0.870. The molecule has 0 saturated carbocycles. The second-order valence-corrected chi connectivity index (χ2v) is 20.7. The second-order valence-electron chi connectivity index (χ2n) is 19.3. The summed E-state index contributed by atoms with van der Waals surface area (Å²) in [4.78, 5) is 23.2. The van der Waals surface area contributed by atoms with Gasteiger partial charge in [-0.1, -0.05) is 224 Å². The van der Waals surface area contributed by atoms with E-state index in [4.69, 9.17) is 9.05 Å². The van der Waals surface area contributed by atoms with E-state index in [1.165, 1.54) is 193 Å². The van der Waals surface area contributed by atoms with Gasteiger partial charge in [-0.15, -0.1) is 0 Å². The Kier molecular flexibility index (Phi) is 43.5. The van der Waals surface area contributed by atoms with Crippen molar-refractivity contribution in [1.82, 2.24) is 5.32 Å². The van der Waals surface area contributed by atoms with Gasteiger partial charge in [0.05, 0.1) is 39.9 Å². The molecule has 0 aliphatic rings. The number of phosphoric ester groups is 1. The van der Waals surface area contributed by atoms with E-state index in [2.05, 4.69) is 31.3 Å². The first-order valence-electron chi connectivity index (χ1n) is 26.2. The Morgan fingerprint density at radius 2 is 0.885 bits per heavy atom. The molecule has 0 fully saturated rings. The van der Waals surface area contributed by atoms with Gasteiger partial charge in [0.15, 0.2) is 0 Å². The maximum Gasteiger partial charge on any atom is 0.472 e. The Hall–Kier alpha value is -1.02. The van der Waals surface area contributed by atoms with Crippen LogP contribution in [0.1, 0.15) is 251 Å². The number of aliphatic hydroxyl groups excluding tert-OH is 1. The van der Waals surface area contributed by atoms with Gasteiger partial charge in [-0.05, 0) is 44.9 Å². The van der Waals surface area contributed by atoms with Gasteiger partial charge in [0.1, 0.15) is 13.2 Å². The number of carbonyl (C=O) groups is 1. The van der Waals surface area contributed by atoms with Crippen molar-refractivity contribution in [2.24, 2.45) is 0 Å². The van der Waals surface area contributed by atoms with E-state index in [-0.39, 0.29) is 19.1 Å². The monoisotopic (exact) mass is 884 g/mol. The number of allylic oxidation sites excluding steroid dienone is 3. The molecule has 0 aromatic heterocycles. The van der Waals surface area contributed by atoms with Gasteiger partial charge in [0, 0.05) is 6.42 Å². The van der Waals surface area contributed by atoms with Crippen LogP contribution in [-0.4, -0.2) is 73.4 Å². The highest BCUT2D eigenvalue weighted by molar-refractivity contribution is 7.47. The number of nitrogens with one attached hydrogen (secondary N) is 1. The van der Waals surface area contributed by atoms with Crippen LogP contribution in [0.3, 0.4) is 0 Å². The number of hydrogen-bond acceptors (Lipinski definition) is 5. The molecule has 3 N–H and O–H groups in total. The van der Waals surface area contributed by atoms with Gasteiger partial charge >= 0.3 is 7.82 Å². The number of carbonyl (C=O) groups excluding carboxylic acids is 1. The smallest absolute Gasteiger partial charge is 0.387 e. The highest BCUT2D eigenvalue weighted by Crippen LogP contribution is 2.43. The van der Waals surface area contributed by atoms with E-state index in [9.17, 15) is 19.4 Å². The van der Waals surface area contributed by atoms with Crippen LogP contribution in [0.2, 0.25) is 0 Å². The summed E-state index contributed by atoms with van der Waals surface area (Å²) in [5.41, 5.74) is 0. The molecule has 0 aromatic rings. The number of amides is 1. The first kappa shape index (κ1) is 60.0. The molecule has 3 atom stereocenters. The van der Waals surface area contributed by atoms with Crippen LogP contribution in [0.15, 0.2) is 24.3 Å². The Labute approximate surface area is 379 Å². The third kappa shape index (κ3) is 46.8. The third-order valence-corrected chi connectivity index (χ3v) is 12.9. The van der Waals surface area contributed by atoms with Gasteiger partial charge in [-0.25, -0.2) is 4.57 Å². The molecule has 9 heteroatoms. The molecule has 0 rings (SSSR count). The number of unbranched alkanes of at least 4 members (excludes halogenated alkanes) is 33. The standard InChI is InChI=1S/C52H103N2O6P/c1-6-8-10-12-14-16-18-20-22-23-24-25-26-27-28-29-30-32-34-36-38-40-42-44-46-52(56)53-50(49-60-61(57,58)59-48-47-54(3,4)5)51(55)45-43-41-39-37-35-33-31-21-19-17-15-13-11-9-7-2/h27-28,43,45,50-51,55H,6-26,29-42,44,46-49H2,1-5H3,(H-,53,56,57,58)/p+1/b28-27-,45-43+. The molecule has 0 bridgehead atoms. The Morgan fingerprint density at radius 3 is 1.26 bits per heavy atom. The Balaban J connectivity index is 4.23. The molecule has 61 heavy (non-hydrogen) atoms. The van der Waals surface area contributed by atoms with Crippen LogP contribution in [0.5, 0.6) is 0 Å². The molecule has 0 aliphatic carbocycles. The predicted octanol–water partition coefficient (Wildman–Crippen LogP) is 15.3. The zero-order valence-corrected chi connectivity index (χ0v) is 42.1. The van der Waals surface area contributed by atoms with Crippen molar-refractivity contribution in [2.75, 3.05) is 40.9 Å². The van der Waals surface area contributed by atoms with Crippen LogP contribution >= 0.6 is 7.82 Å². The average molecular weight is 884 g/mol. The van der Waals surface area contributed by atoms with Gasteiger partial charge in [0.25, 0.3) is 0 Å². The molecule has 362 valence electrons. The summed E-state index contributed by atoms with van der Waals surface area (Å²) in [6.45, 7) is 4.84. The minimum absolute atomic E-state index is 0.0623. The first-order chi connectivity index (χ1) is 29.5. The number of nitrogens with zero attached hydrogens (tertiary/aromatic N) is 1. The summed E-state index contributed by atoms with van der Waals surface area (Å²) in [5.74, 6) is -0.178. The van der Waals surface area contributed by atoms with E-state index in [0.29, 0.717) is 17.4 Å². The summed E-state index contributed by atoms with van der Waals surface area (Å²) in [6, 6.07) is -0.845. The van der Waals surface area contributed by atoms with Crippen LogP contribution < -0.4 is 5.32 Å². The minimum atomic E-state index is -4.34. The molecule has 0 aliphatic heterocycles. The third-order valence-electron chi connectivity index (χ3n) is 11.9. The fourth-order valence-electron chi connectivity index (χ4n) is 7.74. The van der Waals surface area contributed by atoms with Crippen LogP contribution in [0.25, 0.3) is 0 Å². The maximum absolute atomic E-state index is 12.9. The van der Waals surface area contributed by atoms with Gasteiger partial charge in [-0.3, -0.25) is 13.8 Å². The molecule has 8 nitrogen and oxygen atoms in total. The molecule has 0 heterocycles. The molecule has 0 saturated heterocycles. The molecule has 0 aromatic carbocycles. The van der Waals surface area contributed by atoms with Gasteiger partial charge in [-0.2, -0.15) is 0 Å². The van der Waals surface area contributed by atoms with Gasteiger partial charge < -0.3 is 19.8 Å². The summed E-state index contributed by atoms with van der Waals surface area (Å²) in [7, 11) is 1.58. The highest BCUT2D eigenvalue weighted by atomic mass is 31.2. The fraction of sp³-hybridized carbons (Fsp3) is 0.904. The Bertz CT molecular complexity index is 1050. The molecule has 1 amide bonds. The SMILES string of the molecule is CCCCCCCCCCCCCC/C=C\CCCCCCCCCCC(=O)NC(COP(=O)(O)OCC[N+](C)(C)C)C(O)/C=C/CCCCCCCCCCCCCCC. The number of hydrogen-bond donors (Lipinski definition) is 3. The van der Waals surface area contributed by atoms with Crippen molar-refractivity contribution in [1.29, 1.82) is 0 Å². The summed E-state index contributed by atoms with van der Waals surface area (Å²) < 4.78 is 23.6.